The van der Waals surface area contributed by atoms with Gasteiger partial charge >= 0.3 is 0 Å². The summed E-state index contributed by atoms with van der Waals surface area (Å²) in [6.45, 7) is 1.71. The summed E-state index contributed by atoms with van der Waals surface area (Å²) in [5, 5.41) is 3.19. The molecule has 1 aliphatic heterocycles. The predicted octanol–water partition coefficient (Wildman–Crippen LogP) is 4.91. The van der Waals surface area contributed by atoms with E-state index >= 15 is 0 Å². The van der Waals surface area contributed by atoms with Crippen LogP contribution in [0.1, 0.15) is 36.0 Å². The molecule has 2 heterocycles. The smallest absolute Gasteiger partial charge is 0.253 e. The number of nitrogens with zero attached hydrogens (tertiary/aromatic N) is 3. The molecule has 1 saturated heterocycles. The first kappa shape index (κ1) is 19.9. The molecular formula is C24H26N4O2. The fourth-order valence-electron chi connectivity index (χ4n) is 3.61. The van der Waals surface area contributed by atoms with E-state index in [1.165, 1.54) is 12.8 Å². The van der Waals surface area contributed by atoms with Gasteiger partial charge in [-0.15, -0.1) is 0 Å². The molecule has 6 heteroatoms. The van der Waals surface area contributed by atoms with Gasteiger partial charge in [-0.3, -0.25) is 4.79 Å². The second-order valence-corrected chi connectivity index (χ2v) is 7.43. The minimum Gasteiger partial charge on any atom is -0.497 e. The second-order valence-electron chi connectivity index (χ2n) is 7.43. The quantitative estimate of drug-likeness (QED) is 0.657. The van der Waals surface area contributed by atoms with Crippen LogP contribution in [0.4, 0.5) is 11.6 Å². The Morgan fingerprint density at radius 1 is 0.867 bits per heavy atom. The van der Waals surface area contributed by atoms with E-state index in [-0.39, 0.29) is 5.91 Å². The highest BCUT2D eigenvalue weighted by Gasteiger charge is 2.17. The van der Waals surface area contributed by atoms with E-state index in [9.17, 15) is 4.79 Å². The summed E-state index contributed by atoms with van der Waals surface area (Å²) < 4.78 is 5.19. The summed E-state index contributed by atoms with van der Waals surface area (Å²) in [6, 6.07) is 15.3. The van der Waals surface area contributed by atoms with E-state index in [1.54, 1.807) is 19.5 Å². The first-order chi connectivity index (χ1) is 14.7. The van der Waals surface area contributed by atoms with Gasteiger partial charge in [0.2, 0.25) is 5.95 Å². The number of benzene rings is 2. The minimum atomic E-state index is 0.114. The van der Waals surface area contributed by atoms with Gasteiger partial charge in [0.1, 0.15) is 5.75 Å². The first-order valence-corrected chi connectivity index (χ1v) is 10.4. The lowest BCUT2D eigenvalue weighted by Gasteiger charge is -2.20. The minimum absolute atomic E-state index is 0.114. The Kier molecular flexibility index (Phi) is 6.23. The van der Waals surface area contributed by atoms with Crippen molar-refractivity contribution in [3.05, 3.63) is 66.5 Å². The van der Waals surface area contributed by atoms with Gasteiger partial charge in [0, 0.05) is 42.3 Å². The normalized spacial score (nSPS) is 14.1. The number of likely N-dealkylation sites (tertiary alicyclic amines) is 1. The lowest BCUT2D eigenvalue weighted by Crippen LogP contribution is -2.31. The van der Waals surface area contributed by atoms with Crippen LogP contribution in [-0.4, -0.2) is 41.0 Å². The molecule has 4 rings (SSSR count). The van der Waals surface area contributed by atoms with Crippen molar-refractivity contribution in [1.29, 1.82) is 0 Å². The largest absolute Gasteiger partial charge is 0.497 e. The van der Waals surface area contributed by atoms with Gasteiger partial charge in [-0.05, 0) is 54.8 Å². The predicted molar refractivity (Wildman–Crippen MR) is 118 cm³/mol. The van der Waals surface area contributed by atoms with Crippen LogP contribution in [0.5, 0.6) is 5.75 Å². The lowest BCUT2D eigenvalue weighted by molar-refractivity contribution is 0.0761. The molecule has 0 unspecified atom stereocenters. The number of carbonyl (C=O) groups is 1. The van der Waals surface area contributed by atoms with E-state index in [1.807, 2.05) is 53.4 Å². The van der Waals surface area contributed by atoms with E-state index in [0.717, 1.165) is 54.1 Å². The number of hydrogen-bond acceptors (Lipinski definition) is 5. The number of anilines is 2. The zero-order chi connectivity index (χ0) is 20.8. The molecule has 0 radical (unpaired) electrons. The van der Waals surface area contributed by atoms with Gasteiger partial charge in [0.05, 0.1) is 7.11 Å². The summed E-state index contributed by atoms with van der Waals surface area (Å²) in [5.41, 5.74) is 3.53. The number of rotatable bonds is 5. The SMILES string of the molecule is COc1ccc(-c2cnc(Nc3ccc(C(=O)N4CCCCCC4)cc3)nc2)cc1. The average molecular weight is 402 g/mol. The number of hydrogen-bond donors (Lipinski definition) is 1. The summed E-state index contributed by atoms with van der Waals surface area (Å²) in [4.78, 5) is 23.5. The molecule has 0 bridgehead atoms. The fourth-order valence-corrected chi connectivity index (χ4v) is 3.61. The molecule has 1 N–H and O–H groups in total. The zero-order valence-electron chi connectivity index (χ0n) is 17.2. The van der Waals surface area contributed by atoms with Crippen LogP contribution in [0, 0.1) is 0 Å². The Hall–Kier alpha value is -3.41. The van der Waals surface area contributed by atoms with E-state index in [0.29, 0.717) is 5.95 Å². The van der Waals surface area contributed by atoms with Gasteiger partial charge < -0.3 is 15.0 Å². The Bertz CT molecular complexity index is 962. The number of amides is 1. The molecule has 0 atom stereocenters. The molecule has 1 amide bonds. The van der Waals surface area contributed by atoms with Gasteiger partial charge in [0.25, 0.3) is 5.91 Å². The molecule has 154 valence electrons. The molecule has 0 spiro atoms. The maximum atomic E-state index is 12.7. The highest BCUT2D eigenvalue weighted by atomic mass is 16.5. The molecule has 1 aliphatic rings. The van der Waals surface area contributed by atoms with Crippen LogP contribution >= 0.6 is 0 Å². The average Bonchev–Trinajstić information content (AvgIpc) is 3.09. The van der Waals surface area contributed by atoms with Gasteiger partial charge in [0.15, 0.2) is 0 Å². The molecule has 1 aromatic heterocycles. The van der Waals surface area contributed by atoms with Crippen LogP contribution in [0.15, 0.2) is 60.9 Å². The Labute approximate surface area is 176 Å². The summed E-state index contributed by atoms with van der Waals surface area (Å²) in [5.74, 6) is 1.44. The highest BCUT2D eigenvalue weighted by Crippen LogP contribution is 2.22. The van der Waals surface area contributed by atoms with Gasteiger partial charge in [-0.25, -0.2) is 9.97 Å². The maximum absolute atomic E-state index is 12.7. The Morgan fingerprint density at radius 3 is 2.10 bits per heavy atom. The third-order valence-corrected chi connectivity index (χ3v) is 5.36. The van der Waals surface area contributed by atoms with Crippen LogP contribution in [-0.2, 0) is 0 Å². The van der Waals surface area contributed by atoms with Gasteiger partial charge in [-0.2, -0.15) is 0 Å². The van der Waals surface area contributed by atoms with Crippen molar-refractivity contribution >= 4 is 17.5 Å². The monoisotopic (exact) mass is 402 g/mol. The molecular weight excluding hydrogens is 376 g/mol. The van der Waals surface area contributed by atoms with Crippen LogP contribution in [0.25, 0.3) is 11.1 Å². The Balaban J connectivity index is 1.39. The molecule has 0 aliphatic carbocycles. The van der Waals surface area contributed by atoms with E-state index in [2.05, 4.69) is 15.3 Å². The summed E-state index contributed by atoms with van der Waals surface area (Å²) >= 11 is 0. The van der Waals surface area contributed by atoms with Crippen LogP contribution in [0.3, 0.4) is 0 Å². The van der Waals surface area contributed by atoms with Crippen molar-refractivity contribution in [3.63, 3.8) is 0 Å². The van der Waals surface area contributed by atoms with Crippen molar-refractivity contribution in [2.24, 2.45) is 0 Å². The molecule has 3 aromatic rings. The van der Waals surface area contributed by atoms with E-state index < -0.39 is 0 Å². The molecule has 30 heavy (non-hydrogen) atoms. The second kappa shape index (κ2) is 9.39. The topological polar surface area (TPSA) is 67.3 Å². The third-order valence-electron chi connectivity index (χ3n) is 5.36. The molecule has 6 nitrogen and oxygen atoms in total. The number of carbonyl (C=O) groups excluding carboxylic acids is 1. The number of aromatic nitrogens is 2. The molecule has 1 fully saturated rings. The van der Waals surface area contributed by atoms with Crippen LogP contribution < -0.4 is 10.1 Å². The highest BCUT2D eigenvalue weighted by molar-refractivity contribution is 5.94. The van der Waals surface area contributed by atoms with Gasteiger partial charge in [-0.1, -0.05) is 25.0 Å². The molecule has 2 aromatic carbocycles. The molecule has 0 saturated carbocycles. The number of ether oxygens (including phenoxy) is 1. The van der Waals surface area contributed by atoms with Crippen molar-refractivity contribution < 1.29 is 9.53 Å². The van der Waals surface area contributed by atoms with E-state index in [4.69, 9.17) is 4.74 Å². The van der Waals surface area contributed by atoms with Crippen molar-refractivity contribution in [1.82, 2.24) is 14.9 Å². The number of nitrogens with one attached hydrogen (secondary N) is 1. The number of methoxy groups -OCH3 is 1. The van der Waals surface area contributed by atoms with Crippen molar-refractivity contribution in [3.8, 4) is 16.9 Å². The third kappa shape index (κ3) is 4.76. The zero-order valence-corrected chi connectivity index (χ0v) is 17.2. The summed E-state index contributed by atoms with van der Waals surface area (Å²) in [7, 11) is 1.65. The standard InChI is InChI=1S/C24H26N4O2/c1-30-22-12-8-18(9-13-22)20-16-25-24(26-17-20)27-21-10-6-19(7-11-21)23(29)28-14-4-2-3-5-15-28/h6-13,16-17H,2-5,14-15H2,1H3,(H,25,26,27). The first-order valence-electron chi connectivity index (χ1n) is 10.4. The van der Waals surface area contributed by atoms with Crippen molar-refractivity contribution in [2.45, 2.75) is 25.7 Å². The lowest BCUT2D eigenvalue weighted by atomic mass is 10.1. The maximum Gasteiger partial charge on any atom is 0.253 e. The van der Waals surface area contributed by atoms with Crippen molar-refractivity contribution in [2.75, 3.05) is 25.5 Å². The summed E-state index contributed by atoms with van der Waals surface area (Å²) in [6.07, 6.45) is 8.18. The Morgan fingerprint density at radius 2 is 1.50 bits per heavy atom. The van der Waals surface area contributed by atoms with Crippen LogP contribution in [0.2, 0.25) is 0 Å². The fraction of sp³-hybridized carbons (Fsp3) is 0.292.